The minimum atomic E-state index is -0.221. The van der Waals surface area contributed by atoms with Crippen molar-refractivity contribution in [3.05, 3.63) is 62.0 Å². The summed E-state index contributed by atoms with van der Waals surface area (Å²) in [5.41, 5.74) is 2.83. The van der Waals surface area contributed by atoms with Crippen molar-refractivity contribution in [1.82, 2.24) is 0 Å². The topological polar surface area (TPSA) is 32.3 Å². The molecule has 0 bridgehead atoms. The molecule has 0 saturated carbocycles. The summed E-state index contributed by atoms with van der Waals surface area (Å²) in [6.07, 6.45) is 0. The second kappa shape index (κ2) is 6.81. The molecule has 1 atom stereocenters. The SMILES string of the molecule is Cc1ccc(C(CO)Nc2ccc(Cl)c(Br)c2)cc1Cl. The average molecular weight is 375 g/mol. The highest BCUT2D eigenvalue weighted by Crippen LogP contribution is 2.29. The first-order chi connectivity index (χ1) is 9.51. The molecule has 0 radical (unpaired) electrons. The number of benzene rings is 2. The minimum Gasteiger partial charge on any atom is -0.394 e. The van der Waals surface area contributed by atoms with Gasteiger partial charge in [-0.1, -0.05) is 35.3 Å². The maximum atomic E-state index is 9.58. The molecule has 20 heavy (non-hydrogen) atoms. The van der Waals surface area contributed by atoms with Crippen LogP contribution in [0, 0.1) is 6.92 Å². The summed E-state index contributed by atoms with van der Waals surface area (Å²) in [5, 5.41) is 14.2. The summed E-state index contributed by atoms with van der Waals surface area (Å²) in [6.45, 7) is 1.92. The third-order valence-corrected chi connectivity index (χ3v) is 4.66. The van der Waals surface area contributed by atoms with Gasteiger partial charge in [0.15, 0.2) is 0 Å². The second-order valence-electron chi connectivity index (χ2n) is 4.52. The lowest BCUT2D eigenvalue weighted by molar-refractivity contribution is 0.276. The quantitative estimate of drug-likeness (QED) is 0.769. The van der Waals surface area contributed by atoms with Gasteiger partial charge in [-0.2, -0.15) is 0 Å². The molecule has 2 rings (SSSR count). The summed E-state index contributed by atoms with van der Waals surface area (Å²) in [7, 11) is 0. The van der Waals surface area contributed by atoms with Crippen LogP contribution in [0.5, 0.6) is 0 Å². The number of anilines is 1. The Morgan fingerprint density at radius 1 is 1.15 bits per heavy atom. The van der Waals surface area contributed by atoms with Crippen molar-refractivity contribution in [2.45, 2.75) is 13.0 Å². The van der Waals surface area contributed by atoms with Gasteiger partial charge in [0.05, 0.1) is 17.7 Å². The number of hydrogen-bond donors (Lipinski definition) is 2. The number of aryl methyl sites for hydroxylation is 1. The van der Waals surface area contributed by atoms with Gasteiger partial charge in [-0.05, 0) is 58.2 Å². The molecule has 0 aromatic heterocycles. The Morgan fingerprint density at radius 2 is 1.90 bits per heavy atom. The van der Waals surface area contributed by atoms with Gasteiger partial charge < -0.3 is 10.4 Å². The molecule has 2 N–H and O–H groups in total. The van der Waals surface area contributed by atoms with Crippen LogP contribution in [0.4, 0.5) is 5.69 Å². The van der Waals surface area contributed by atoms with Crippen molar-refractivity contribution in [2.24, 2.45) is 0 Å². The van der Waals surface area contributed by atoms with Crippen LogP contribution in [0.25, 0.3) is 0 Å². The highest BCUT2D eigenvalue weighted by Gasteiger charge is 2.12. The zero-order chi connectivity index (χ0) is 14.7. The molecule has 0 aliphatic heterocycles. The normalized spacial score (nSPS) is 12.2. The number of rotatable bonds is 4. The third kappa shape index (κ3) is 3.67. The molecule has 0 fully saturated rings. The van der Waals surface area contributed by atoms with Gasteiger partial charge in [0, 0.05) is 15.2 Å². The van der Waals surface area contributed by atoms with E-state index in [0.717, 1.165) is 21.3 Å². The number of halogens is 3. The van der Waals surface area contributed by atoms with Crippen molar-refractivity contribution < 1.29 is 5.11 Å². The lowest BCUT2D eigenvalue weighted by atomic mass is 10.1. The van der Waals surface area contributed by atoms with Crippen LogP contribution >= 0.6 is 39.1 Å². The van der Waals surface area contributed by atoms with Crippen LogP contribution in [-0.4, -0.2) is 11.7 Å². The van der Waals surface area contributed by atoms with E-state index in [1.54, 1.807) is 6.07 Å². The van der Waals surface area contributed by atoms with E-state index in [-0.39, 0.29) is 12.6 Å². The minimum absolute atomic E-state index is 0.0281. The molecule has 2 nitrogen and oxygen atoms in total. The lowest BCUT2D eigenvalue weighted by Gasteiger charge is -2.19. The van der Waals surface area contributed by atoms with E-state index in [4.69, 9.17) is 23.2 Å². The van der Waals surface area contributed by atoms with E-state index in [9.17, 15) is 5.11 Å². The molecule has 0 spiro atoms. The van der Waals surface area contributed by atoms with E-state index in [1.165, 1.54) is 0 Å². The Morgan fingerprint density at radius 3 is 2.50 bits per heavy atom. The molecule has 1 unspecified atom stereocenters. The summed E-state index contributed by atoms with van der Waals surface area (Å²) in [4.78, 5) is 0. The highest BCUT2D eigenvalue weighted by atomic mass is 79.9. The Hall–Kier alpha value is -0.740. The van der Waals surface area contributed by atoms with E-state index >= 15 is 0 Å². The molecule has 2 aromatic carbocycles. The lowest BCUT2D eigenvalue weighted by Crippen LogP contribution is -2.14. The predicted octanol–water partition coefficient (Wildman–Crippen LogP) is 5.21. The molecular formula is C15H14BrCl2NO. The molecule has 0 aliphatic rings. The zero-order valence-corrected chi connectivity index (χ0v) is 13.9. The summed E-state index contributed by atoms with van der Waals surface area (Å²) < 4.78 is 0.808. The van der Waals surface area contributed by atoms with Crippen LogP contribution in [0.15, 0.2) is 40.9 Å². The molecule has 0 amide bonds. The number of nitrogens with one attached hydrogen (secondary N) is 1. The standard InChI is InChI=1S/C15H14BrCl2NO/c1-9-2-3-10(6-14(9)18)15(8-20)19-11-4-5-13(17)12(16)7-11/h2-7,15,19-20H,8H2,1H3. The number of aliphatic hydroxyl groups is 1. The van der Waals surface area contributed by atoms with E-state index in [0.29, 0.717) is 10.0 Å². The third-order valence-electron chi connectivity index (χ3n) is 3.04. The van der Waals surface area contributed by atoms with Gasteiger partial charge in [0.25, 0.3) is 0 Å². The van der Waals surface area contributed by atoms with E-state index in [1.807, 2.05) is 37.3 Å². The molecule has 106 valence electrons. The Labute approximate surface area is 136 Å². The number of hydrogen-bond acceptors (Lipinski definition) is 2. The van der Waals surface area contributed by atoms with Crippen LogP contribution in [0.1, 0.15) is 17.2 Å². The van der Waals surface area contributed by atoms with Gasteiger partial charge in [-0.25, -0.2) is 0 Å². The van der Waals surface area contributed by atoms with Crippen molar-refractivity contribution in [1.29, 1.82) is 0 Å². The van der Waals surface area contributed by atoms with Crippen LogP contribution in [-0.2, 0) is 0 Å². The molecular weight excluding hydrogens is 361 g/mol. The maximum Gasteiger partial charge on any atom is 0.0745 e. The van der Waals surface area contributed by atoms with E-state index in [2.05, 4.69) is 21.2 Å². The summed E-state index contributed by atoms with van der Waals surface area (Å²) in [5.74, 6) is 0. The van der Waals surface area contributed by atoms with E-state index < -0.39 is 0 Å². The van der Waals surface area contributed by atoms with Gasteiger partial charge in [0.1, 0.15) is 0 Å². The van der Waals surface area contributed by atoms with Gasteiger partial charge in [-0.3, -0.25) is 0 Å². The summed E-state index contributed by atoms with van der Waals surface area (Å²) >= 11 is 15.5. The van der Waals surface area contributed by atoms with Crippen LogP contribution in [0.2, 0.25) is 10.0 Å². The first kappa shape index (κ1) is 15.6. The van der Waals surface area contributed by atoms with Crippen LogP contribution < -0.4 is 5.32 Å². The highest BCUT2D eigenvalue weighted by molar-refractivity contribution is 9.10. The van der Waals surface area contributed by atoms with Crippen molar-refractivity contribution in [2.75, 3.05) is 11.9 Å². The van der Waals surface area contributed by atoms with Crippen molar-refractivity contribution >= 4 is 44.8 Å². The fraction of sp³-hybridized carbons (Fsp3) is 0.200. The van der Waals surface area contributed by atoms with Crippen molar-refractivity contribution in [3.63, 3.8) is 0 Å². The Balaban J connectivity index is 2.23. The zero-order valence-electron chi connectivity index (χ0n) is 10.8. The summed E-state index contributed by atoms with van der Waals surface area (Å²) in [6, 6.07) is 11.1. The largest absolute Gasteiger partial charge is 0.394 e. The van der Waals surface area contributed by atoms with Gasteiger partial charge in [-0.15, -0.1) is 0 Å². The first-order valence-electron chi connectivity index (χ1n) is 6.09. The van der Waals surface area contributed by atoms with Crippen LogP contribution in [0.3, 0.4) is 0 Å². The van der Waals surface area contributed by atoms with Crippen molar-refractivity contribution in [3.8, 4) is 0 Å². The Kier molecular flexibility index (Phi) is 5.33. The maximum absolute atomic E-state index is 9.58. The number of aliphatic hydroxyl groups excluding tert-OH is 1. The molecule has 5 heteroatoms. The van der Waals surface area contributed by atoms with Gasteiger partial charge in [0.2, 0.25) is 0 Å². The second-order valence-corrected chi connectivity index (χ2v) is 6.19. The molecule has 2 aromatic rings. The fourth-order valence-corrected chi connectivity index (χ4v) is 2.53. The molecule has 0 heterocycles. The first-order valence-corrected chi connectivity index (χ1v) is 7.64. The smallest absolute Gasteiger partial charge is 0.0745 e. The van der Waals surface area contributed by atoms with Gasteiger partial charge >= 0.3 is 0 Å². The monoisotopic (exact) mass is 373 g/mol. The molecule has 0 saturated heterocycles. The fourth-order valence-electron chi connectivity index (χ4n) is 1.85. The molecule has 0 aliphatic carbocycles. The average Bonchev–Trinajstić information content (AvgIpc) is 2.43. The predicted molar refractivity (Wildman–Crippen MR) is 88.8 cm³/mol. The Bertz CT molecular complexity index is 619.